The number of hydrogen-bond donors (Lipinski definition) is 2. The highest BCUT2D eigenvalue weighted by molar-refractivity contribution is 5.97. The highest BCUT2D eigenvalue weighted by Crippen LogP contribution is 2.33. The van der Waals surface area contributed by atoms with Crippen LogP contribution in [0.4, 0.5) is 0 Å². The van der Waals surface area contributed by atoms with E-state index in [-0.39, 0.29) is 11.5 Å². The van der Waals surface area contributed by atoms with E-state index in [1.54, 1.807) is 12.1 Å². The summed E-state index contributed by atoms with van der Waals surface area (Å²) in [6.07, 6.45) is 2.14. The molecule has 3 aromatic rings. The Morgan fingerprint density at radius 2 is 2.00 bits per heavy atom. The molecule has 0 saturated carbocycles. The van der Waals surface area contributed by atoms with Crippen molar-refractivity contribution in [2.45, 2.75) is 33.1 Å². The number of carbonyl (C=O) groups excluding carboxylic acids is 1. The minimum Gasteiger partial charge on any atom is -0.507 e. The van der Waals surface area contributed by atoms with E-state index < -0.39 is 0 Å². The Morgan fingerprint density at radius 3 is 2.72 bits per heavy atom. The summed E-state index contributed by atoms with van der Waals surface area (Å²) in [7, 11) is 0. The lowest BCUT2D eigenvalue weighted by Gasteiger charge is -2.15. The van der Waals surface area contributed by atoms with Gasteiger partial charge in [0.25, 0.3) is 0 Å². The largest absolute Gasteiger partial charge is 0.507 e. The van der Waals surface area contributed by atoms with Gasteiger partial charge in [-0.2, -0.15) is 5.21 Å². The van der Waals surface area contributed by atoms with Crippen molar-refractivity contribution >= 4 is 5.78 Å². The minimum atomic E-state index is -0.164. The molecule has 0 saturated heterocycles. The fourth-order valence-corrected chi connectivity index (χ4v) is 2.97. The van der Waals surface area contributed by atoms with Gasteiger partial charge in [0.2, 0.25) is 5.82 Å². The van der Waals surface area contributed by atoms with Gasteiger partial charge in [-0.05, 0) is 42.8 Å². The summed E-state index contributed by atoms with van der Waals surface area (Å²) in [5.41, 5.74) is 1.82. The first-order valence-corrected chi connectivity index (χ1v) is 9.55. The van der Waals surface area contributed by atoms with Crippen molar-refractivity contribution < 1.29 is 19.4 Å². The number of tetrazole rings is 1. The monoisotopic (exact) mass is 396 g/mol. The van der Waals surface area contributed by atoms with Crippen molar-refractivity contribution in [1.29, 1.82) is 0 Å². The van der Waals surface area contributed by atoms with E-state index in [1.807, 2.05) is 31.2 Å². The molecular weight excluding hydrogens is 372 g/mol. The number of aromatic hydroxyl groups is 1. The summed E-state index contributed by atoms with van der Waals surface area (Å²) in [4.78, 5) is 11.6. The second kappa shape index (κ2) is 9.68. The third kappa shape index (κ3) is 5.10. The molecule has 3 rings (SSSR count). The average molecular weight is 396 g/mol. The Labute approximate surface area is 168 Å². The number of hydrogen-bond acceptors (Lipinski definition) is 7. The molecule has 152 valence electrons. The number of ether oxygens (including phenoxy) is 2. The normalized spacial score (nSPS) is 10.7. The van der Waals surface area contributed by atoms with Crippen molar-refractivity contribution in [1.82, 2.24) is 20.6 Å². The smallest absolute Gasteiger partial charge is 0.204 e. The second-order valence-electron chi connectivity index (χ2n) is 6.56. The summed E-state index contributed by atoms with van der Waals surface area (Å²) in [6, 6.07) is 10.8. The van der Waals surface area contributed by atoms with E-state index in [1.165, 1.54) is 6.92 Å². The Bertz CT molecular complexity index is 957. The number of aromatic amines is 1. The molecule has 0 unspecified atom stereocenters. The molecule has 0 aliphatic heterocycles. The highest BCUT2D eigenvalue weighted by atomic mass is 16.5. The number of rotatable bonds is 10. The second-order valence-corrected chi connectivity index (χ2v) is 6.56. The summed E-state index contributed by atoms with van der Waals surface area (Å²) < 4.78 is 11.6. The van der Waals surface area contributed by atoms with Crippen LogP contribution in [0.25, 0.3) is 11.4 Å². The van der Waals surface area contributed by atoms with Crippen LogP contribution >= 0.6 is 0 Å². The fraction of sp³-hybridized carbons (Fsp3) is 0.333. The van der Waals surface area contributed by atoms with Gasteiger partial charge in [-0.25, -0.2) is 0 Å². The van der Waals surface area contributed by atoms with Crippen LogP contribution in [-0.2, 0) is 6.42 Å². The first kappa shape index (κ1) is 20.3. The number of carbonyl (C=O) groups is 1. The molecule has 8 nitrogen and oxygen atoms in total. The molecule has 0 bridgehead atoms. The van der Waals surface area contributed by atoms with Crippen LogP contribution in [0.2, 0.25) is 0 Å². The molecule has 0 radical (unpaired) electrons. The van der Waals surface area contributed by atoms with Gasteiger partial charge in [0, 0.05) is 17.5 Å². The molecule has 8 heteroatoms. The first-order valence-electron chi connectivity index (χ1n) is 9.55. The third-order valence-corrected chi connectivity index (χ3v) is 4.37. The molecule has 0 aliphatic rings. The fourth-order valence-electron chi connectivity index (χ4n) is 2.97. The van der Waals surface area contributed by atoms with E-state index in [0.29, 0.717) is 54.5 Å². The molecule has 0 aliphatic carbocycles. The topological polar surface area (TPSA) is 110 Å². The molecule has 0 fully saturated rings. The van der Waals surface area contributed by atoms with Gasteiger partial charge in [0.05, 0.1) is 18.8 Å². The maximum absolute atomic E-state index is 11.6. The molecule has 1 heterocycles. The first-order chi connectivity index (χ1) is 14.1. The molecule has 0 spiro atoms. The van der Waals surface area contributed by atoms with E-state index in [2.05, 4.69) is 20.6 Å². The molecule has 29 heavy (non-hydrogen) atoms. The number of H-pyrrole nitrogens is 1. The van der Waals surface area contributed by atoms with Crippen molar-refractivity contribution in [2.24, 2.45) is 0 Å². The average Bonchev–Trinajstić information content (AvgIpc) is 3.25. The molecular formula is C21H24N4O4. The number of phenols is 1. The van der Waals surface area contributed by atoms with Crippen LogP contribution < -0.4 is 9.47 Å². The predicted molar refractivity (Wildman–Crippen MR) is 107 cm³/mol. The molecule has 0 atom stereocenters. The molecule has 2 aromatic carbocycles. The number of phenolic OH excluding ortho intramolecular Hbond substituents is 1. The van der Waals surface area contributed by atoms with Gasteiger partial charge in [0.15, 0.2) is 5.78 Å². The number of Topliss-reactive ketones (excluding diaryl/α,β-unsaturated/α-hetero) is 1. The summed E-state index contributed by atoms with van der Waals surface area (Å²) in [6.45, 7) is 4.35. The van der Waals surface area contributed by atoms with Gasteiger partial charge >= 0.3 is 0 Å². The zero-order valence-corrected chi connectivity index (χ0v) is 16.5. The highest BCUT2D eigenvalue weighted by Gasteiger charge is 2.15. The quantitative estimate of drug-likeness (QED) is 0.398. The van der Waals surface area contributed by atoms with Crippen LogP contribution in [0, 0.1) is 0 Å². The predicted octanol–water partition coefficient (Wildman–Crippen LogP) is 3.58. The summed E-state index contributed by atoms with van der Waals surface area (Å²) in [5, 5.41) is 24.3. The Hall–Kier alpha value is -3.42. The lowest BCUT2D eigenvalue weighted by Crippen LogP contribution is -2.07. The van der Waals surface area contributed by atoms with E-state index in [0.717, 1.165) is 12.0 Å². The van der Waals surface area contributed by atoms with Crippen molar-refractivity contribution in [2.75, 3.05) is 13.2 Å². The third-order valence-electron chi connectivity index (χ3n) is 4.37. The number of nitrogens with zero attached hydrogens (tertiary/aromatic N) is 3. The van der Waals surface area contributed by atoms with E-state index in [4.69, 9.17) is 9.47 Å². The standard InChI is InChI=1S/C21H24N4O4/c1-3-6-18-19(10-9-17(14(2)26)20(18)27)29-12-5-11-28-16-8-4-7-15(13-16)21-22-24-25-23-21/h4,7-10,13,27H,3,5-6,11-12H2,1-2H3,(H,22,23,24,25). The van der Waals surface area contributed by atoms with E-state index >= 15 is 0 Å². The number of aromatic nitrogens is 4. The lowest BCUT2D eigenvalue weighted by molar-refractivity contribution is 0.101. The zero-order valence-electron chi connectivity index (χ0n) is 16.5. The van der Waals surface area contributed by atoms with Gasteiger partial charge in [-0.15, -0.1) is 10.2 Å². The summed E-state index contributed by atoms with van der Waals surface area (Å²) >= 11 is 0. The van der Waals surface area contributed by atoms with Crippen LogP contribution in [0.5, 0.6) is 17.2 Å². The SMILES string of the molecule is CCCc1c(OCCCOc2cccc(-c3nn[nH]n3)c2)ccc(C(C)=O)c1O. The molecule has 0 amide bonds. The van der Waals surface area contributed by atoms with Crippen LogP contribution in [0.1, 0.15) is 42.6 Å². The maximum Gasteiger partial charge on any atom is 0.204 e. The number of nitrogens with one attached hydrogen (secondary N) is 1. The Balaban J connectivity index is 1.54. The summed E-state index contributed by atoms with van der Waals surface area (Å²) in [5.74, 6) is 1.68. The minimum absolute atomic E-state index is 0.0198. The van der Waals surface area contributed by atoms with Crippen LogP contribution in [-0.4, -0.2) is 44.7 Å². The number of ketones is 1. The van der Waals surface area contributed by atoms with Crippen molar-refractivity contribution in [3.05, 3.63) is 47.5 Å². The lowest BCUT2D eigenvalue weighted by atomic mass is 10.0. The maximum atomic E-state index is 11.6. The van der Waals surface area contributed by atoms with Crippen molar-refractivity contribution in [3.63, 3.8) is 0 Å². The van der Waals surface area contributed by atoms with Gasteiger partial charge in [-0.3, -0.25) is 4.79 Å². The van der Waals surface area contributed by atoms with Gasteiger partial charge < -0.3 is 14.6 Å². The van der Waals surface area contributed by atoms with Crippen LogP contribution in [0.15, 0.2) is 36.4 Å². The molecule has 2 N–H and O–H groups in total. The Kier molecular flexibility index (Phi) is 6.78. The van der Waals surface area contributed by atoms with Crippen LogP contribution in [0.3, 0.4) is 0 Å². The van der Waals surface area contributed by atoms with Gasteiger partial charge in [0.1, 0.15) is 17.2 Å². The molecule has 1 aromatic heterocycles. The Morgan fingerprint density at radius 1 is 1.17 bits per heavy atom. The zero-order chi connectivity index (χ0) is 20.6. The number of benzene rings is 2. The van der Waals surface area contributed by atoms with Crippen molar-refractivity contribution in [3.8, 4) is 28.6 Å². The van der Waals surface area contributed by atoms with E-state index in [9.17, 15) is 9.90 Å². The van der Waals surface area contributed by atoms with Gasteiger partial charge in [-0.1, -0.05) is 25.5 Å².